The summed E-state index contributed by atoms with van der Waals surface area (Å²) in [5.41, 5.74) is 2.18. The molecule has 0 aliphatic carbocycles. The van der Waals surface area contributed by atoms with E-state index in [0.29, 0.717) is 16.4 Å². The Morgan fingerprint density at radius 1 is 1.21 bits per heavy atom. The van der Waals surface area contributed by atoms with Crippen LogP contribution >= 0.6 is 27.3 Å². The summed E-state index contributed by atoms with van der Waals surface area (Å²) in [6, 6.07) is 15.0. The average molecular weight is 451 g/mol. The van der Waals surface area contributed by atoms with Gasteiger partial charge in [-0.2, -0.15) is 5.26 Å². The summed E-state index contributed by atoms with van der Waals surface area (Å²) in [6.07, 6.45) is 3.18. The number of halogens is 1. The summed E-state index contributed by atoms with van der Waals surface area (Å²) in [6.45, 7) is 0. The Hall–Kier alpha value is -3.22. The van der Waals surface area contributed by atoms with Gasteiger partial charge in [0.25, 0.3) is 0 Å². The minimum atomic E-state index is -1.05. The van der Waals surface area contributed by atoms with Crippen LogP contribution in [0.15, 0.2) is 64.7 Å². The molecule has 7 nitrogen and oxygen atoms in total. The predicted molar refractivity (Wildman–Crippen MR) is 107 cm³/mol. The van der Waals surface area contributed by atoms with Crippen molar-refractivity contribution in [3.63, 3.8) is 0 Å². The second kappa shape index (κ2) is 7.80. The Balaban J connectivity index is 1.60. The molecule has 0 amide bonds. The quantitative estimate of drug-likeness (QED) is 0.425. The molecule has 0 unspecified atom stereocenters. The second-order valence-electron chi connectivity index (χ2n) is 5.74. The number of carbonyl (C=O) groups excluding carboxylic acids is 1. The van der Waals surface area contributed by atoms with Crippen molar-refractivity contribution in [3.05, 3.63) is 75.4 Å². The second-order valence-corrected chi connectivity index (χ2v) is 7.55. The number of hydrogen-bond acceptors (Lipinski definition) is 7. The van der Waals surface area contributed by atoms with Gasteiger partial charge in [-0.15, -0.1) is 16.4 Å². The molecule has 0 N–H and O–H groups in total. The third kappa shape index (κ3) is 3.60. The number of pyridine rings is 1. The monoisotopic (exact) mass is 450 g/mol. The van der Waals surface area contributed by atoms with E-state index < -0.39 is 11.7 Å². The van der Waals surface area contributed by atoms with Gasteiger partial charge in [-0.25, -0.2) is 9.67 Å². The Bertz CT molecular complexity index is 1180. The van der Waals surface area contributed by atoms with E-state index in [1.807, 2.05) is 48.5 Å². The highest BCUT2D eigenvalue weighted by molar-refractivity contribution is 9.10. The van der Waals surface area contributed by atoms with E-state index in [4.69, 9.17) is 0 Å². The number of thiazole rings is 1. The number of carbonyl (C=O) groups is 1. The van der Waals surface area contributed by atoms with Gasteiger partial charge in [0.15, 0.2) is 11.6 Å². The van der Waals surface area contributed by atoms with Crippen LogP contribution in [0.1, 0.15) is 21.4 Å². The Morgan fingerprint density at radius 2 is 2.11 bits per heavy atom. The number of nitriles is 1. The van der Waals surface area contributed by atoms with Crippen LogP contribution in [0.4, 0.5) is 0 Å². The molecule has 28 heavy (non-hydrogen) atoms. The van der Waals surface area contributed by atoms with Gasteiger partial charge in [-0.3, -0.25) is 9.78 Å². The largest absolute Gasteiger partial charge is 0.290 e. The number of Topliss-reactive ketones (excluding diaryl/α,β-unsaturated/α-hetero) is 1. The van der Waals surface area contributed by atoms with Crippen LogP contribution in [0.5, 0.6) is 0 Å². The molecule has 0 saturated heterocycles. The Morgan fingerprint density at radius 3 is 2.86 bits per heavy atom. The van der Waals surface area contributed by atoms with E-state index in [-0.39, 0.29) is 5.69 Å². The average Bonchev–Trinajstić information content (AvgIpc) is 3.39. The van der Waals surface area contributed by atoms with E-state index in [9.17, 15) is 10.1 Å². The maximum absolute atomic E-state index is 12.8. The lowest BCUT2D eigenvalue weighted by Gasteiger charge is -2.02. The molecule has 0 aliphatic heterocycles. The lowest BCUT2D eigenvalue weighted by Crippen LogP contribution is -2.11. The molecule has 0 aliphatic rings. The molecule has 0 radical (unpaired) electrons. The number of ketones is 1. The smallest absolute Gasteiger partial charge is 0.208 e. The summed E-state index contributed by atoms with van der Waals surface area (Å²) >= 11 is 4.65. The zero-order valence-electron chi connectivity index (χ0n) is 14.2. The van der Waals surface area contributed by atoms with E-state index in [1.54, 1.807) is 11.6 Å². The van der Waals surface area contributed by atoms with Crippen molar-refractivity contribution < 1.29 is 4.79 Å². The summed E-state index contributed by atoms with van der Waals surface area (Å²) in [5.74, 6) is -1.49. The van der Waals surface area contributed by atoms with Crippen LogP contribution in [0, 0.1) is 11.3 Å². The number of benzene rings is 1. The van der Waals surface area contributed by atoms with Gasteiger partial charge in [-0.05, 0) is 30.3 Å². The summed E-state index contributed by atoms with van der Waals surface area (Å²) < 4.78 is 2.38. The summed E-state index contributed by atoms with van der Waals surface area (Å²) in [7, 11) is 0. The van der Waals surface area contributed by atoms with Crippen LogP contribution in [0.2, 0.25) is 0 Å². The topological polar surface area (TPSA) is 97.3 Å². The lowest BCUT2D eigenvalue weighted by atomic mass is 10.0. The van der Waals surface area contributed by atoms with Gasteiger partial charge in [-0.1, -0.05) is 33.3 Å². The minimum absolute atomic E-state index is 0.112. The van der Waals surface area contributed by atoms with Crippen LogP contribution in [0.3, 0.4) is 0 Å². The zero-order valence-corrected chi connectivity index (χ0v) is 16.6. The molecule has 136 valence electrons. The summed E-state index contributed by atoms with van der Waals surface area (Å²) in [4.78, 5) is 21.5. The van der Waals surface area contributed by atoms with Gasteiger partial charge in [0.2, 0.25) is 5.78 Å². The molecule has 9 heteroatoms. The zero-order chi connectivity index (χ0) is 19.5. The first-order valence-corrected chi connectivity index (χ1v) is 9.82. The Labute approximate surface area is 172 Å². The molecule has 0 fully saturated rings. The third-order valence-corrected chi connectivity index (χ3v) is 5.31. The first-order valence-electron chi connectivity index (χ1n) is 8.14. The fourth-order valence-electron chi connectivity index (χ4n) is 2.55. The number of rotatable bonds is 5. The van der Waals surface area contributed by atoms with E-state index in [1.165, 1.54) is 22.2 Å². The van der Waals surface area contributed by atoms with E-state index in [0.717, 1.165) is 10.2 Å². The van der Waals surface area contributed by atoms with Crippen LogP contribution in [-0.4, -0.2) is 30.7 Å². The first-order chi connectivity index (χ1) is 13.7. The minimum Gasteiger partial charge on any atom is -0.290 e. The van der Waals surface area contributed by atoms with Crippen molar-refractivity contribution in [2.45, 2.75) is 5.92 Å². The number of hydrogen-bond donors (Lipinski definition) is 0. The highest BCUT2D eigenvalue weighted by Crippen LogP contribution is 2.27. The molecule has 3 aromatic heterocycles. The molecule has 0 bridgehead atoms. The van der Waals surface area contributed by atoms with Crippen molar-refractivity contribution in [1.82, 2.24) is 25.0 Å². The van der Waals surface area contributed by atoms with Gasteiger partial charge in [0.1, 0.15) is 5.01 Å². The molecular weight excluding hydrogens is 440 g/mol. The SMILES string of the molecule is N#C[C@@H](C(=O)c1cn(-c2cccc(Br)c2)nn1)c1nc(-c2ccccn2)cs1. The number of aromatic nitrogens is 5. The van der Waals surface area contributed by atoms with Crippen molar-refractivity contribution >= 4 is 33.0 Å². The van der Waals surface area contributed by atoms with Crippen molar-refractivity contribution in [2.75, 3.05) is 0 Å². The molecule has 0 spiro atoms. The first kappa shape index (κ1) is 18.2. The van der Waals surface area contributed by atoms with Crippen LogP contribution < -0.4 is 0 Å². The van der Waals surface area contributed by atoms with Crippen molar-refractivity contribution in [3.8, 4) is 23.1 Å². The highest BCUT2D eigenvalue weighted by Gasteiger charge is 2.27. The third-order valence-electron chi connectivity index (χ3n) is 3.91. The van der Waals surface area contributed by atoms with Gasteiger partial charge < -0.3 is 0 Å². The van der Waals surface area contributed by atoms with Crippen molar-refractivity contribution in [1.29, 1.82) is 5.26 Å². The maximum atomic E-state index is 12.8. The lowest BCUT2D eigenvalue weighted by molar-refractivity contribution is 0.0974. The van der Waals surface area contributed by atoms with E-state index in [2.05, 4.69) is 36.2 Å². The van der Waals surface area contributed by atoms with Gasteiger partial charge in [0.05, 0.1) is 29.3 Å². The maximum Gasteiger partial charge on any atom is 0.208 e. The normalized spacial score (nSPS) is 11.7. The summed E-state index contributed by atoms with van der Waals surface area (Å²) in [5, 5.41) is 19.7. The molecule has 1 aromatic carbocycles. The van der Waals surface area contributed by atoms with Crippen molar-refractivity contribution in [2.24, 2.45) is 0 Å². The van der Waals surface area contributed by atoms with Crippen LogP contribution in [0.25, 0.3) is 17.1 Å². The fourth-order valence-corrected chi connectivity index (χ4v) is 3.79. The molecular formula is C19H11BrN6OS. The standard InChI is InChI=1S/C19H11BrN6OS/c20-12-4-3-5-13(8-12)26-10-16(24-25-26)18(27)14(9-21)19-23-17(11-28-19)15-6-1-2-7-22-15/h1-8,10-11,14H/t14-/m0/s1. The molecule has 4 aromatic rings. The van der Waals surface area contributed by atoms with Gasteiger partial charge >= 0.3 is 0 Å². The molecule has 0 saturated carbocycles. The van der Waals surface area contributed by atoms with Crippen LogP contribution in [-0.2, 0) is 0 Å². The Kier molecular flexibility index (Phi) is 5.06. The number of nitrogens with zero attached hydrogens (tertiary/aromatic N) is 6. The molecule has 1 atom stereocenters. The van der Waals surface area contributed by atoms with Gasteiger partial charge in [0, 0.05) is 16.0 Å². The molecule has 4 rings (SSSR count). The molecule has 3 heterocycles. The predicted octanol–water partition coefficient (Wildman–Crippen LogP) is 4.04. The fraction of sp³-hybridized carbons (Fsp3) is 0.0526. The highest BCUT2D eigenvalue weighted by atomic mass is 79.9. The van der Waals surface area contributed by atoms with E-state index >= 15 is 0 Å².